The lowest BCUT2D eigenvalue weighted by atomic mass is 9.92. The second-order valence-corrected chi connectivity index (χ2v) is 11.8. The van der Waals surface area contributed by atoms with E-state index in [1.54, 1.807) is 11.7 Å². The first-order valence-corrected chi connectivity index (χ1v) is 14.3. The zero-order valence-corrected chi connectivity index (χ0v) is 22.9. The number of rotatable bonds is 11. The van der Waals surface area contributed by atoms with E-state index >= 15 is 0 Å². The summed E-state index contributed by atoms with van der Waals surface area (Å²) in [5, 5.41) is 19.1. The van der Waals surface area contributed by atoms with Crippen LogP contribution in [0.5, 0.6) is 0 Å². The number of carbonyl (C=O) groups is 1. The molecule has 3 aromatic rings. The molecule has 8 nitrogen and oxygen atoms in total. The summed E-state index contributed by atoms with van der Waals surface area (Å²) >= 11 is 0. The Morgan fingerprint density at radius 2 is 2.08 bits per heavy atom. The van der Waals surface area contributed by atoms with Crippen molar-refractivity contribution in [3.63, 3.8) is 0 Å². The lowest BCUT2D eigenvalue weighted by Gasteiger charge is -2.42. The van der Waals surface area contributed by atoms with Gasteiger partial charge in [0.2, 0.25) is 0 Å². The highest BCUT2D eigenvalue weighted by Crippen LogP contribution is 2.50. The van der Waals surface area contributed by atoms with Crippen LogP contribution < -0.4 is 5.32 Å². The van der Waals surface area contributed by atoms with Crippen LogP contribution >= 0.6 is 0 Å². The van der Waals surface area contributed by atoms with Crippen molar-refractivity contribution in [1.29, 1.82) is 0 Å². The predicted octanol–water partition coefficient (Wildman–Crippen LogP) is 4.76. The van der Waals surface area contributed by atoms with Gasteiger partial charge in [-0.3, -0.25) is 14.4 Å². The van der Waals surface area contributed by atoms with Crippen molar-refractivity contribution in [3.8, 4) is 0 Å². The Balaban J connectivity index is 1.02. The van der Waals surface area contributed by atoms with Gasteiger partial charge < -0.3 is 15.2 Å². The number of ether oxygens (including phenoxy) is 1. The molecule has 6 rings (SSSR count). The Labute approximate surface area is 228 Å². The van der Waals surface area contributed by atoms with E-state index in [2.05, 4.69) is 24.4 Å². The molecule has 208 valence electrons. The van der Waals surface area contributed by atoms with Gasteiger partial charge >= 0.3 is 5.97 Å². The van der Waals surface area contributed by atoms with Gasteiger partial charge in [-0.1, -0.05) is 19.4 Å². The van der Waals surface area contributed by atoms with E-state index in [4.69, 9.17) is 14.8 Å². The van der Waals surface area contributed by atoms with Gasteiger partial charge in [0.15, 0.2) is 0 Å². The normalized spacial score (nSPS) is 19.4. The summed E-state index contributed by atoms with van der Waals surface area (Å²) in [6, 6.07) is 6.28. The quantitative estimate of drug-likeness (QED) is 0.342. The van der Waals surface area contributed by atoms with E-state index in [1.165, 1.54) is 24.1 Å². The minimum absolute atomic E-state index is 0.00129. The zero-order chi connectivity index (χ0) is 27.1. The lowest BCUT2D eigenvalue weighted by Crippen LogP contribution is -2.55. The van der Waals surface area contributed by atoms with Crippen molar-refractivity contribution in [2.24, 2.45) is 7.05 Å². The third-order valence-corrected chi connectivity index (χ3v) is 8.67. The molecule has 0 amide bonds. The summed E-state index contributed by atoms with van der Waals surface area (Å²) in [6.07, 6.45) is 8.34. The number of nitrogens with one attached hydrogen (secondary N) is 1. The molecule has 1 saturated heterocycles. The SMILES string of the molecule is Cn1nc(C2(C)CC2)c2c(C(C(=O)O)N3CC(OCCCCCc4ccc5c(n4)NCCC5)C3)cc(F)cc21. The molecular weight excluding hydrogens is 497 g/mol. The standard InChI is InChI=1S/C30H38FN5O3/c1-30(11-12-30)27-25-23(15-20(31)16-24(25)35(2)34-27)26(29(37)38)36-17-22(18-36)39-14-5-3-4-8-21-10-9-19-7-6-13-32-28(19)33-21/h9-10,15-16,22,26H,3-8,11-14,17-18H2,1-2H3,(H,32,33)(H,37,38). The molecule has 2 N–H and O–H groups in total. The third-order valence-electron chi connectivity index (χ3n) is 8.67. The molecule has 3 aliphatic rings. The van der Waals surface area contributed by atoms with E-state index < -0.39 is 17.8 Å². The van der Waals surface area contributed by atoms with Gasteiger partial charge in [0.1, 0.15) is 17.7 Å². The maximum Gasteiger partial charge on any atom is 0.325 e. The van der Waals surface area contributed by atoms with E-state index in [0.717, 1.165) is 74.1 Å². The summed E-state index contributed by atoms with van der Waals surface area (Å²) in [5.41, 5.74) is 4.42. The van der Waals surface area contributed by atoms with E-state index in [0.29, 0.717) is 30.8 Å². The lowest BCUT2D eigenvalue weighted by molar-refractivity contribution is -0.150. The number of anilines is 1. The van der Waals surface area contributed by atoms with E-state index in [-0.39, 0.29) is 11.5 Å². The van der Waals surface area contributed by atoms with Gasteiger partial charge in [-0.15, -0.1) is 0 Å². The topological polar surface area (TPSA) is 92.5 Å². The Morgan fingerprint density at radius 3 is 2.85 bits per heavy atom. The number of carboxylic acids is 1. The molecule has 9 heteroatoms. The molecule has 1 atom stereocenters. The number of aromatic nitrogens is 3. The van der Waals surface area contributed by atoms with Crippen molar-refractivity contribution < 1.29 is 19.0 Å². The summed E-state index contributed by atoms with van der Waals surface area (Å²) in [4.78, 5) is 19.1. The zero-order valence-electron chi connectivity index (χ0n) is 22.9. The van der Waals surface area contributed by atoms with Crippen LogP contribution in [-0.2, 0) is 34.8 Å². The Hall–Kier alpha value is -3.04. The number of carboxylic acid groups (broad SMARTS) is 1. The van der Waals surface area contributed by atoms with Crippen LogP contribution in [0, 0.1) is 5.82 Å². The van der Waals surface area contributed by atoms with Crippen LogP contribution in [0.2, 0.25) is 0 Å². The van der Waals surface area contributed by atoms with Crippen LogP contribution in [0.3, 0.4) is 0 Å². The van der Waals surface area contributed by atoms with Crippen molar-refractivity contribution >= 4 is 22.7 Å². The molecule has 2 aliphatic heterocycles. The van der Waals surface area contributed by atoms with E-state index in [1.807, 2.05) is 4.90 Å². The maximum absolute atomic E-state index is 14.7. The number of hydrogen-bond acceptors (Lipinski definition) is 6. The van der Waals surface area contributed by atoms with Gasteiger partial charge in [0.05, 0.1) is 17.3 Å². The molecule has 1 aliphatic carbocycles. The second kappa shape index (κ2) is 10.5. The van der Waals surface area contributed by atoms with Crippen LogP contribution in [0.4, 0.5) is 10.2 Å². The Morgan fingerprint density at radius 1 is 1.26 bits per heavy atom. The van der Waals surface area contributed by atoms with Crippen molar-refractivity contribution in [2.45, 2.75) is 75.9 Å². The molecule has 2 fully saturated rings. The van der Waals surface area contributed by atoms with Gasteiger partial charge in [0.25, 0.3) is 0 Å². The molecule has 0 radical (unpaired) electrons. The number of unbranched alkanes of at least 4 members (excludes halogenated alkanes) is 2. The molecule has 39 heavy (non-hydrogen) atoms. The van der Waals surface area contributed by atoms with Crippen LogP contribution in [0.1, 0.15) is 74.0 Å². The predicted molar refractivity (Wildman–Crippen MR) is 148 cm³/mol. The molecule has 4 heterocycles. The van der Waals surface area contributed by atoms with Crippen molar-refractivity contribution in [2.75, 3.05) is 31.6 Å². The van der Waals surface area contributed by atoms with E-state index in [9.17, 15) is 14.3 Å². The number of halogens is 1. The van der Waals surface area contributed by atoms with Crippen LogP contribution in [0.25, 0.3) is 10.9 Å². The van der Waals surface area contributed by atoms with Gasteiger partial charge in [-0.2, -0.15) is 5.10 Å². The van der Waals surface area contributed by atoms with Crippen LogP contribution in [0.15, 0.2) is 24.3 Å². The summed E-state index contributed by atoms with van der Waals surface area (Å²) in [6.45, 7) is 4.85. The number of aliphatic carboxylic acids is 1. The highest BCUT2D eigenvalue weighted by Gasteiger charge is 2.45. The average molecular weight is 536 g/mol. The highest BCUT2D eigenvalue weighted by molar-refractivity contribution is 5.91. The van der Waals surface area contributed by atoms with Gasteiger partial charge in [-0.05, 0) is 74.3 Å². The van der Waals surface area contributed by atoms with Crippen molar-refractivity contribution in [1.82, 2.24) is 19.7 Å². The largest absolute Gasteiger partial charge is 0.480 e. The summed E-state index contributed by atoms with van der Waals surface area (Å²) < 4.78 is 22.4. The first-order chi connectivity index (χ1) is 18.8. The van der Waals surface area contributed by atoms with Crippen LogP contribution in [-0.4, -0.2) is 63.1 Å². The fourth-order valence-corrected chi connectivity index (χ4v) is 6.06. The third kappa shape index (κ3) is 5.26. The number of likely N-dealkylation sites (tertiary alicyclic amines) is 1. The number of pyridine rings is 1. The molecule has 1 unspecified atom stereocenters. The molecule has 1 aromatic carbocycles. The molecule has 1 saturated carbocycles. The number of aryl methyl sites for hydroxylation is 3. The molecule has 0 spiro atoms. The molecule has 2 aromatic heterocycles. The number of hydrogen-bond donors (Lipinski definition) is 2. The van der Waals surface area contributed by atoms with Gasteiger partial charge in [-0.25, -0.2) is 9.37 Å². The minimum Gasteiger partial charge on any atom is -0.480 e. The smallest absolute Gasteiger partial charge is 0.325 e. The van der Waals surface area contributed by atoms with Crippen molar-refractivity contribution in [3.05, 3.63) is 52.6 Å². The fourth-order valence-electron chi connectivity index (χ4n) is 6.06. The first kappa shape index (κ1) is 26.2. The van der Waals surface area contributed by atoms with Gasteiger partial charge in [0, 0.05) is 49.8 Å². The average Bonchev–Trinajstić information content (AvgIpc) is 3.55. The number of benzene rings is 1. The highest BCUT2D eigenvalue weighted by atomic mass is 19.1. The first-order valence-electron chi connectivity index (χ1n) is 14.3. The fraction of sp³-hybridized carbons (Fsp3) is 0.567. The monoisotopic (exact) mass is 535 g/mol. The molecule has 0 bridgehead atoms. The Kier molecular flexibility index (Phi) is 7.05. The summed E-state index contributed by atoms with van der Waals surface area (Å²) in [5.74, 6) is -0.353. The molecular formula is C30H38FN5O3. The Bertz CT molecular complexity index is 1380. The minimum atomic E-state index is -0.970. The summed E-state index contributed by atoms with van der Waals surface area (Å²) in [7, 11) is 1.80. The maximum atomic E-state index is 14.7. The number of nitrogens with zero attached hydrogens (tertiary/aromatic N) is 4. The second-order valence-electron chi connectivity index (χ2n) is 11.8. The number of fused-ring (bicyclic) bond motifs is 2.